The first kappa shape index (κ1) is 22.6. The number of pyridine rings is 1. The molecular weight excluding hydrogens is 466 g/mol. The topological polar surface area (TPSA) is 68.1 Å². The van der Waals surface area contributed by atoms with Crippen LogP contribution in [0.3, 0.4) is 0 Å². The van der Waals surface area contributed by atoms with Crippen molar-refractivity contribution in [1.82, 2.24) is 15.0 Å². The van der Waals surface area contributed by atoms with E-state index < -0.39 is 0 Å². The molecule has 4 aromatic rings. The van der Waals surface area contributed by atoms with Crippen LogP contribution in [-0.4, -0.2) is 20.1 Å². The fourth-order valence-corrected chi connectivity index (χ4v) is 5.04. The second-order valence-corrected chi connectivity index (χ2v) is 9.39. The Labute approximate surface area is 207 Å². The predicted molar refractivity (Wildman–Crippen MR) is 136 cm³/mol. The summed E-state index contributed by atoms with van der Waals surface area (Å²) in [5.41, 5.74) is 6.44. The molecule has 0 fully saturated rings. The van der Waals surface area contributed by atoms with Gasteiger partial charge in [0.15, 0.2) is 11.6 Å². The maximum atomic E-state index is 9.86. The molecule has 0 amide bonds. The molecule has 0 radical (unpaired) electrons. The maximum Gasteiger partial charge on any atom is 0.227 e. The number of fused-ring (bicyclic) bond motifs is 2. The highest BCUT2D eigenvalue weighted by atomic mass is 35.5. The first-order valence-corrected chi connectivity index (χ1v) is 12.2. The van der Waals surface area contributed by atoms with E-state index in [-0.39, 0.29) is 6.61 Å². The van der Waals surface area contributed by atoms with Crippen LogP contribution in [0.1, 0.15) is 33.5 Å². The Kier molecular flexibility index (Phi) is 6.37. The molecule has 2 aromatic heterocycles. The summed E-state index contributed by atoms with van der Waals surface area (Å²) < 4.78 is 6.28. The van der Waals surface area contributed by atoms with Gasteiger partial charge in [0.25, 0.3) is 0 Å². The average Bonchev–Trinajstić information content (AvgIpc) is 2.87. The summed E-state index contributed by atoms with van der Waals surface area (Å²) in [5, 5.41) is 11.3. The second-order valence-electron chi connectivity index (χ2n) is 7.99. The Balaban J connectivity index is 1.57. The SMILES string of the molecule is C=Cc1ccc(CSc2nc(-c3cccc(Cl)c3)nc3c2Cc2c(CO)cnc(C)c2O3)cc1. The molecular formula is C27H22ClN3O2S. The van der Waals surface area contributed by atoms with Crippen molar-refractivity contribution >= 4 is 29.4 Å². The van der Waals surface area contributed by atoms with Crippen LogP contribution in [-0.2, 0) is 18.8 Å². The van der Waals surface area contributed by atoms with Crippen molar-refractivity contribution in [3.8, 4) is 23.0 Å². The van der Waals surface area contributed by atoms with E-state index in [2.05, 4.69) is 35.8 Å². The third kappa shape index (κ3) is 4.44. The summed E-state index contributed by atoms with van der Waals surface area (Å²) in [4.78, 5) is 14.1. The monoisotopic (exact) mass is 487 g/mol. The molecule has 0 aliphatic carbocycles. The minimum absolute atomic E-state index is 0.103. The van der Waals surface area contributed by atoms with Gasteiger partial charge in [0.1, 0.15) is 5.03 Å². The van der Waals surface area contributed by atoms with Gasteiger partial charge in [-0.2, -0.15) is 4.98 Å². The van der Waals surface area contributed by atoms with Gasteiger partial charge >= 0.3 is 0 Å². The van der Waals surface area contributed by atoms with E-state index in [1.165, 1.54) is 5.56 Å². The lowest BCUT2D eigenvalue weighted by Crippen LogP contribution is -2.13. The molecule has 0 spiro atoms. The summed E-state index contributed by atoms with van der Waals surface area (Å²) in [5.74, 6) is 2.47. The number of halogens is 1. The largest absolute Gasteiger partial charge is 0.436 e. The number of aromatic nitrogens is 3. The van der Waals surface area contributed by atoms with E-state index in [0.29, 0.717) is 28.9 Å². The summed E-state index contributed by atoms with van der Waals surface area (Å²) in [7, 11) is 0. The summed E-state index contributed by atoms with van der Waals surface area (Å²) in [6.45, 7) is 5.61. The maximum absolute atomic E-state index is 9.86. The molecule has 34 heavy (non-hydrogen) atoms. The molecule has 170 valence electrons. The molecule has 0 saturated heterocycles. The zero-order valence-electron chi connectivity index (χ0n) is 18.6. The Hall–Kier alpha value is -3.19. The Morgan fingerprint density at radius 1 is 1.15 bits per heavy atom. The minimum atomic E-state index is -0.103. The van der Waals surface area contributed by atoms with E-state index in [1.54, 1.807) is 18.0 Å². The van der Waals surface area contributed by atoms with Crippen LogP contribution >= 0.6 is 23.4 Å². The first-order valence-electron chi connectivity index (χ1n) is 10.8. The van der Waals surface area contributed by atoms with E-state index in [1.807, 2.05) is 37.3 Å². The van der Waals surface area contributed by atoms with E-state index in [4.69, 9.17) is 26.3 Å². The predicted octanol–water partition coefficient (Wildman–Crippen LogP) is 6.62. The van der Waals surface area contributed by atoms with Crippen LogP contribution in [0, 0.1) is 6.92 Å². The van der Waals surface area contributed by atoms with Gasteiger partial charge in [-0.1, -0.05) is 60.7 Å². The number of hydrogen-bond acceptors (Lipinski definition) is 6. The lowest BCUT2D eigenvalue weighted by Gasteiger charge is -2.24. The number of aliphatic hydroxyl groups excluding tert-OH is 1. The molecule has 1 N–H and O–H groups in total. The van der Waals surface area contributed by atoms with Crippen LogP contribution in [0.15, 0.2) is 66.3 Å². The van der Waals surface area contributed by atoms with Crippen molar-refractivity contribution in [2.45, 2.75) is 30.7 Å². The van der Waals surface area contributed by atoms with Gasteiger partial charge in [-0.15, -0.1) is 11.8 Å². The van der Waals surface area contributed by atoms with Crippen LogP contribution in [0.5, 0.6) is 11.6 Å². The summed E-state index contributed by atoms with van der Waals surface area (Å²) >= 11 is 7.87. The average molecular weight is 488 g/mol. The highest BCUT2D eigenvalue weighted by Gasteiger charge is 2.27. The molecule has 7 heteroatoms. The van der Waals surface area contributed by atoms with Crippen molar-refractivity contribution in [3.63, 3.8) is 0 Å². The lowest BCUT2D eigenvalue weighted by atomic mass is 9.99. The second kappa shape index (κ2) is 9.58. The number of nitrogens with zero attached hydrogens (tertiary/aromatic N) is 3. The molecule has 1 aliphatic rings. The number of hydrogen-bond donors (Lipinski definition) is 1. The highest BCUT2D eigenvalue weighted by Crippen LogP contribution is 2.43. The molecule has 0 saturated carbocycles. The molecule has 5 rings (SSSR count). The highest BCUT2D eigenvalue weighted by molar-refractivity contribution is 7.98. The van der Waals surface area contributed by atoms with Gasteiger partial charge < -0.3 is 9.84 Å². The van der Waals surface area contributed by atoms with Crippen LogP contribution in [0.25, 0.3) is 17.5 Å². The number of thioether (sulfide) groups is 1. The Morgan fingerprint density at radius 2 is 1.97 bits per heavy atom. The van der Waals surface area contributed by atoms with Crippen molar-refractivity contribution in [2.75, 3.05) is 0 Å². The van der Waals surface area contributed by atoms with Gasteiger partial charge in [-0.3, -0.25) is 4.98 Å². The van der Waals surface area contributed by atoms with Gasteiger partial charge in [0, 0.05) is 40.1 Å². The van der Waals surface area contributed by atoms with Crippen LogP contribution < -0.4 is 4.74 Å². The summed E-state index contributed by atoms with van der Waals surface area (Å²) in [6.07, 6.45) is 4.11. The van der Waals surface area contributed by atoms with Crippen molar-refractivity contribution in [3.05, 3.63) is 99.8 Å². The smallest absolute Gasteiger partial charge is 0.227 e. The van der Waals surface area contributed by atoms with Crippen LogP contribution in [0.4, 0.5) is 0 Å². The van der Waals surface area contributed by atoms with E-state index >= 15 is 0 Å². The molecule has 2 aromatic carbocycles. The van der Waals surface area contributed by atoms with Gasteiger partial charge in [0.05, 0.1) is 17.9 Å². The molecule has 0 bridgehead atoms. The fraction of sp³-hybridized carbons (Fsp3) is 0.148. The third-order valence-corrected chi connectivity index (χ3v) is 7.06. The Morgan fingerprint density at radius 3 is 2.71 bits per heavy atom. The normalized spacial score (nSPS) is 12.0. The fourth-order valence-electron chi connectivity index (χ4n) is 3.87. The van der Waals surface area contributed by atoms with Crippen molar-refractivity contribution < 1.29 is 9.84 Å². The quantitative estimate of drug-likeness (QED) is 0.214. The molecule has 1 aliphatic heterocycles. The number of benzene rings is 2. The van der Waals surface area contributed by atoms with Gasteiger partial charge in [-0.05, 0) is 30.2 Å². The number of rotatable bonds is 6. The zero-order chi connectivity index (χ0) is 23.7. The van der Waals surface area contributed by atoms with Crippen molar-refractivity contribution in [2.24, 2.45) is 0 Å². The van der Waals surface area contributed by atoms with Gasteiger partial charge in [-0.25, -0.2) is 4.98 Å². The minimum Gasteiger partial charge on any atom is -0.436 e. The lowest BCUT2D eigenvalue weighted by molar-refractivity contribution is 0.278. The zero-order valence-corrected chi connectivity index (χ0v) is 20.2. The number of ether oxygens (including phenoxy) is 1. The van der Waals surface area contributed by atoms with Gasteiger partial charge in [0.2, 0.25) is 5.88 Å². The molecule has 5 nitrogen and oxygen atoms in total. The third-order valence-electron chi connectivity index (χ3n) is 5.73. The van der Waals surface area contributed by atoms with E-state index in [9.17, 15) is 5.11 Å². The van der Waals surface area contributed by atoms with Crippen molar-refractivity contribution in [1.29, 1.82) is 0 Å². The standard InChI is InChI=1S/C27H22ClN3O2S/c1-3-17-7-9-18(10-8-17)15-34-27-23-12-22-20(14-32)13-29-16(2)24(22)33-26(23)30-25(31-27)19-5-4-6-21(28)11-19/h3-11,13,32H,1,12,14-15H2,2H3. The first-order chi connectivity index (χ1) is 16.6. The number of aryl methyl sites for hydroxylation is 1. The molecule has 0 atom stereocenters. The van der Waals surface area contributed by atoms with E-state index in [0.717, 1.165) is 44.3 Å². The van der Waals surface area contributed by atoms with Crippen LogP contribution in [0.2, 0.25) is 5.02 Å². The number of aliphatic hydroxyl groups is 1. The Bertz CT molecular complexity index is 1390. The molecule has 0 unspecified atom stereocenters. The molecule has 3 heterocycles. The summed E-state index contributed by atoms with van der Waals surface area (Å²) in [6, 6.07) is 15.8.